The first-order chi connectivity index (χ1) is 15.8. The van der Waals surface area contributed by atoms with E-state index >= 15 is 0 Å². The van der Waals surface area contributed by atoms with E-state index in [9.17, 15) is 18.5 Å². The number of nitrogens with two attached hydrogens (primary N) is 1. The van der Waals surface area contributed by atoms with Gasteiger partial charge in [0, 0.05) is 16.6 Å². The summed E-state index contributed by atoms with van der Waals surface area (Å²) in [4.78, 5) is 23.5. The topological polar surface area (TPSA) is 179 Å². The van der Waals surface area contributed by atoms with Crippen molar-refractivity contribution in [2.75, 3.05) is 16.2 Å². The number of hydrazine groups is 1. The molecule has 2 aromatic heterocycles. The Bertz CT molecular complexity index is 1490. The van der Waals surface area contributed by atoms with Gasteiger partial charge < -0.3 is 5.32 Å². The monoisotopic (exact) mass is 480 g/mol. The Kier molecular flexibility index (Phi) is 6.05. The second-order valence-corrected chi connectivity index (χ2v) is 9.02. The number of nitriles is 1. The molecule has 0 aliphatic carbocycles. The lowest BCUT2D eigenvalue weighted by Gasteiger charge is -2.09. The molecule has 11 nitrogen and oxygen atoms in total. The van der Waals surface area contributed by atoms with Crippen LogP contribution < -0.4 is 26.9 Å². The van der Waals surface area contributed by atoms with Crippen LogP contribution in [0.3, 0.4) is 0 Å². The maximum Gasteiger partial charge on any atom is 0.270 e. The molecule has 166 valence electrons. The molecular formula is C20H16N8O3S2. The number of nitrogens with one attached hydrogen (secondary N) is 4. The molecule has 0 aliphatic heterocycles. The minimum atomic E-state index is -3.76. The summed E-state index contributed by atoms with van der Waals surface area (Å²) in [7, 11) is -3.76. The minimum Gasteiger partial charge on any atom is -0.331 e. The average molecular weight is 481 g/mol. The highest BCUT2D eigenvalue weighted by atomic mass is 32.2. The quantitative estimate of drug-likeness (QED) is 0.249. The largest absolute Gasteiger partial charge is 0.331 e. The first-order valence-corrected chi connectivity index (χ1v) is 11.7. The van der Waals surface area contributed by atoms with Crippen molar-refractivity contribution in [2.45, 2.75) is 4.90 Å². The Morgan fingerprint density at radius 2 is 1.76 bits per heavy atom. The van der Waals surface area contributed by atoms with E-state index in [0.717, 1.165) is 0 Å². The number of H-pyrrole nitrogens is 1. The Hall–Kier alpha value is -4.25. The second-order valence-electron chi connectivity index (χ2n) is 6.60. The number of hydrogen-bond donors (Lipinski definition) is 5. The number of aromatic nitrogens is 3. The lowest BCUT2D eigenvalue weighted by Crippen LogP contribution is -2.20. The predicted molar refractivity (Wildman–Crippen MR) is 125 cm³/mol. The van der Waals surface area contributed by atoms with Gasteiger partial charge in [-0.25, -0.2) is 23.5 Å². The van der Waals surface area contributed by atoms with Crippen LogP contribution in [0, 0.1) is 11.3 Å². The number of nitrogens with zero attached hydrogens (tertiary/aromatic N) is 3. The highest BCUT2D eigenvalue weighted by molar-refractivity contribution is 7.89. The van der Waals surface area contributed by atoms with E-state index in [4.69, 9.17) is 5.14 Å². The van der Waals surface area contributed by atoms with Crippen molar-refractivity contribution < 1.29 is 8.42 Å². The summed E-state index contributed by atoms with van der Waals surface area (Å²) in [6.45, 7) is 0. The van der Waals surface area contributed by atoms with Gasteiger partial charge in [-0.05, 0) is 24.3 Å². The second kappa shape index (κ2) is 9.09. The van der Waals surface area contributed by atoms with Gasteiger partial charge in [-0.3, -0.25) is 20.6 Å². The number of benzene rings is 2. The summed E-state index contributed by atoms with van der Waals surface area (Å²) in [6.07, 6.45) is 0. The smallest absolute Gasteiger partial charge is 0.270 e. The number of sulfonamides is 1. The molecule has 0 aliphatic rings. The number of anilines is 4. The molecule has 0 fully saturated rings. The molecule has 33 heavy (non-hydrogen) atoms. The first-order valence-electron chi connectivity index (χ1n) is 9.31. The summed E-state index contributed by atoms with van der Waals surface area (Å²) in [6, 6.07) is 16.7. The first kappa shape index (κ1) is 22.0. The van der Waals surface area contributed by atoms with Gasteiger partial charge in [0.15, 0.2) is 10.9 Å². The number of primary sulfonamides is 1. The summed E-state index contributed by atoms with van der Waals surface area (Å²) >= 11 is 1.30. The van der Waals surface area contributed by atoms with Gasteiger partial charge in [0.1, 0.15) is 11.6 Å². The zero-order chi connectivity index (χ0) is 23.4. The maximum atomic E-state index is 12.3. The molecule has 0 amide bonds. The molecule has 0 unspecified atom stereocenters. The van der Waals surface area contributed by atoms with Gasteiger partial charge in [-0.1, -0.05) is 30.3 Å². The molecule has 0 radical (unpaired) electrons. The van der Waals surface area contributed by atoms with Gasteiger partial charge in [-0.2, -0.15) is 5.26 Å². The molecule has 2 heterocycles. The molecule has 0 bridgehead atoms. The van der Waals surface area contributed by atoms with E-state index in [1.807, 2.05) is 12.1 Å². The van der Waals surface area contributed by atoms with Gasteiger partial charge in [0.05, 0.1) is 10.6 Å². The SMILES string of the molecule is N#Cc1c(-c2ccccc2)nc(NNc2csc(Nc3ccc(S(N)(=O)=O)cc3)n2)[nH]c1=O. The van der Waals surface area contributed by atoms with Gasteiger partial charge in [-0.15, -0.1) is 11.3 Å². The van der Waals surface area contributed by atoms with E-state index in [1.165, 1.54) is 23.5 Å². The molecule has 0 spiro atoms. The Labute approximate surface area is 192 Å². The van der Waals surface area contributed by atoms with Gasteiger partial charge in [0.25, 0.3) is 5.56 Å². The number of aromatic amines is 1. The highest BCUT2D eigenvalue weighted by Crippen LogP contribution is 2.24. The average Bonchev–Trinajstić information content (AvgIpc) is 3.25. The fourth-order valence-corrected chi connectivity index (χ4v) is 3.98. The summed E-state index contributed by atoms with van der Waals surface area (Å²) in [5.74, 6) is 0.552. The van der Waals surface area contributed by atoms with E-state index in [0.29, 0.717) is 22.2 Å². The normalized spacial score (nSPS) is 10.9. The third-order valence-corrected chi connectivity index (χ3v) is 6.01. The summed E-state index contributed by atoms with van der Waals surface area (Å²) < 4.78 is 22.7. The standard InChI is InChI=1S/C20H16N8O3S2/c21-10-15-17(12-4-2-1-3-5-12)25-19(26-18(15)29)28-27-16-11-32-20(24-16)23-13-6-8-14(9-7-13)33(22,30)31/h1-9,11,27H,(H,23,24)(H2,22,30,31)(H2,25,26,28,29). The van der Waals surface area contributed by atoms with Crippen LogP contribution in [-0.4, -0.2) is 23.4 Å². The van der Waals surface area contributed by atoms with Crippen LogP contribution in [0.5, 0.6) is 0 Å². The van der Waals surface area contributed by atoms with Crippen LogP contribution in [0.2, 0.25) is 0 Å². The molecular weight excluding hydrogens is 464 g/mol. The molecule has 0 saturated heterocycles. The lowest BCUT2D eigenvalue weighted by atomic mass is 10.1. The third-order valence-electron chi connectivity index (χ3n) is 4.33. The van der Waals surface area contributed by atoms with Crippen LogP contribution in [0.15, 0.2) is 69.7 Å². The van der Waals surface area contributed by atoms with Crippen LogP contribution >= 0.6 is 11.3 Å². The fraction of sp³-hybridized carbons (Fsp3) is 0. The van der Waals surface area contributed by atoms with Crippen molar-refractivity contribution in [3.63, 3.8) is 0 Å². The lowest BCUT2D eigenvalue weighted by molar-refractivity contribution is 0.598. The van der Waals surface area contributed by atoms with Crippen molar-refractivity contribution in [1.82, 2.24) is 15.0 Å². The Morgan fingerprint density at radius 1 is 1.03 bits per heavy atom. The maximum absolute atomic E-state index is 12.3. The van der Waals surface area contributed by atoms with Crippen LogP contribution in [0.1, 0.15) is 5.56 Å². The molecule has 6 N–H and O–H groups in total. The Balaban J connectivity index is 1.47. The van der Waals surface area contributed by atoms with Crippen molar-refractivity contribution in [2.24, 2.45) is 5.14 Å². The Morgan fingerprint density at radius 3 is 2.42 bits per heavy atom. The molecule has 0 saturated carbocycles. The van der Waals surface area contributed by atoms with Gasteiger partial charge >= 0.3 is 0 Å². The molecule has 13 heteroatoms. The minimum absolute atomic E-state index is 0.0116. The van der Waals surface area contributed by atoms with Crippen molar-refractivity contribution in [3.05, 3.63) is 75.9 Å². The van der Waals surface area contributed by atoms with E-state index in [2.05, 4.69) is 31.1 Å². The third kappa shape index (κ3) is 5.15. The van der Waals surface area contributed by atoms with Crippen molar-refractivity contribution in [3.8, 4) is 17.3 Å². The van der Waals surface area contributed by atoms with Crippen LogP contribution in [-0.2, 0) is 10.0 Å². The number of rotatable bonds is 7. The van der Waals surface area contributed by atoms with E-state index < -0.39 is 15.6 Å². The van der Waals surface area contributed by atoms with Crippen molar-refractivity contribution in [1.29, 1.82) is 5.26 Å². The zero-order valence-electron chi connectivity index (χ0n) is 16.7. The summed E-state index contributed by atoms with van der Waals surface area (Å²) in [5, 5.41) is 19.7. The van der Waals surface area contributed by atoms with Crippen LogP contribution in [0.25, 0.3) is 11.3 Å². The summed E-state index contributed by atoms with van der Waals surface area (Å²) in [5.41, 5.74) is 6.48. The highest BCUT2D eigenvalue weighted by Gasteiger charge is 2.13. The fourth-order valence-electron chi connectivity index (χ4n) is 2.80. The molecule has 4 aromatic rings. The molecule has 0 atom stereocenters. The van der Waals surface area contributed by atoms with E-state index in [1.54, 1.807) is 41.8 Å². The van der Waals surface area contributed by atoms with Gasteiger partial charge in [0.2, 0.25) is 16.0 Å². The number of thiazole rings is 1. The number of hydrogen-bond acceptors (Lipinski definition) is 10. The predicted octanol–water partition coefficient (Wildman–Crippen LogP) is 2.60. The molecule has 4 rings (SSSR count). The van der Waals surface area contributed by atoms with Crippen LogP contribution in [0.4, 0.5) is 22.6 Å². The van der Waals surface area contributed by atoms with E-state index in [-0.39, 0.29) is 22.1 Å². The van der Waals surface area contributed by atoms with Crippen molar-refractivity contribution >= 4 is 43.9 Å². The molecule has 2 aromatic carbocycles. The zero-order valence-corrected chi connectivity index (χ0v) is 18.4.